The standard InChI is InChI=1S/C24H31N5O4/c1-15-12-18(27-10-11-28(14-27)23(30)33-24(3,4)5)22-25-16(2)21(29(22)26-15)17-8-9-19(31-6)20(13-17)32-7/h8-9,12-13H,10-11,14H2,1-7H3. The smallest absolute Gasteiger partial charge is 0.411 e. The van der Waals surface area contributed by atoms with Gasteiger partial charge in [-0.25, -0.2) is 14.3 Å². The van der Waals surface area contributed by atoms with E-state index in [2.05, 4.69) is 4.90 Å². The SMILES string of the molecule is COc1ccc(-c2c(C)nc3c(N4CCN(C(=O)OC(C)(C)C)C4)cc(C)nn23)cc1OC. The summed E-state index contributed by atoms with van der Waals surface area (Å²) in [6.07, 6.45) is -0.308. The van der Waals surface area contributed by atoms with Crippen molar-refractivity contribution in [2.75, 3.05) is 38.9 Å². The van der Waals surface area contributed by atoms with Crippen molar-refractivity contribution in [3.05, 3.63) is 35.7 Å². The summed E-state index contributed by atoms with van der Waals surface area (Å²) >= 11 is 0. The van der Waals surface area contributed by atoms with Gasteiger partial charge in [0, 0.05) is 18.7 Å². The van der Waals surface area contributed by atoms with Crippen LogP contribution in [0.15, 0.2) is 24.3 Å². The predicted molar refractivity (Wildman–Crippen MR) is 126 cm³/mol. The van der Waals surface area contributed by atoms with Crippen molar-refractivity contribution < 1.29 is 19.0 Å². The zero-order valence-electron chi connectivity index (χ0n) is 20.3. The molecular formula is C24H31N5O4. The maximum absolute atomic E-state index is 12.5. The van der Waals surface area contributed by atoms with Crippen LogP contribution in [0, 0.1) is 13.8 Å². The van der Waals surface area contributed by atoms with Gasteiger partial charge in [-0.15, -0.1) is 0 Å². The summed E-state index contributed by atoms with van der Waals surface area (Å²) in [5, 5.41) is 4.76. The van der Waals surface area contributed by atoms with Gasteiger partial charge < -0.3 is 19.1 Å². The van der Waals surface area contributed by atoms with Crippen LogP contribution in [-0.2, 0) is 4.74 Å². The van der Waals surface area contributed by atoms with Gasteiger partial charge in [0.1, 0.15) is 5.60 Å². The Balaban J connectivity index is 1.72. The Morgan fingerprint density at radius 1 is 1.03 bits per heavy atom. The number of hydrogen-bond acceptors (Lipinski definition) is 7. The third-order valence-electron chi connectivity index (χ3n) is 5.49. The van der Waals surface area contributed by atoms with Gasteiger partial charge in [-0.1, -0.05) is 0 Å². The number of hydrogen-bond donors (Lipinski definition) is 0. The molecule has 1 aromatic carbocycles. The van der Waals surface area contributed by atoms with Crippen LogP contribution in [0.3, 0.4) is 0 Å². The molecule has 1 amide bonds. The van der Waals surface area contributed by atoms with Crippen LogP contribution in [0.2, 0.25) is 0 Å². The van der Waals surface area contributed by atoms with Crippen molar-refractivity contribution in [1.29, 1.82) is 0 Å². The lowest BCUT2D eigenvalue weighted by Crippen LogP contribution is -2.36. The zero-order valence-corrected chi connectivity index (χ0v) is 20.3. The molecule has 0 radical (unpaired) electrons. The van der Waals surface area contributed by atoms with Crippen LogP contribution >= 0.6 is 0 Å². The molecule has 0 atom stereocenters. The second kappa shape index (κ2) is 8.46. The van der Waals surface area contributed by atoms with E-state index >= 15 is 0 Å². The van der Waals surface area contributed by atoms with E-state index in [1.165, 1.54) is 0 Å². The average molecular weight is 454 g/mol. The van der Waals surface area contributed by atoms with Crippen LogP contribution in [0.25, 0.3) is 16.9 Å². The fraction of sp³-hybridized carbons (Fsp3) is 0.458. The number of aryl methyl sites for hydroxylation is 2. The Morgan fingerprint density at radius 3 is 2.42 bits per heavy atom. The number of fused-ring (bicyclic) bond motifs is 1. The van der Waals surface area contributed by atoms with Gasteiger partial charge in [0.05, 0.1) is 43.7 Å². The van der Waals surface area contributed by atoms with Crippen molar-refractivity contribution in [2.45, 2.75) is 40.2 Å². The van der Waals surface area contributed by atoms with Gasteiger partial charge in [0.25, 0.3) is 0 Å². The van der Waals surface area contributed by atoms with E-state index in [1.807, 2.05) is 63.4 Å². The summed E-state index contributed by atoms with van der Waals surface area (Å²) in [7, 11) is 3.23. The number of aromatic nitrogens is 3. The Labute approximate surface area is 193 Å². The molecular weight excluding hydrogens is 422 g/mol. The Bertz CT molecular complexity index is 1200. The Morgan fingerprint density at radius 2 is 1.76 bits per heavy atom. The molecule has 1 fully saturated rings. The number of methoxy groups -OCH3 is 2. The summed E-state index contributed by atoms with van der Waals surface area (Å²) in [5.41, 5.74) is 4.67. The van der Waals surface area contributed by atoms with E-state index in [9.17, 15) is 4.79 Å². The van der Waals surface area contributed by atoms with Crippen LogP contribution in [0.5, 0.6) is 11.5 Å². The highest BCUT2D eigenvalue weighted by molar-refractivity contribution is 5.78. The largest absolute Gasteiger partial charge is 0.493 e. The second-order valence-electron chi connectivity index (χ2n) is 9.17. The number of imidazole rings is 1. The number of nitrogens with zero attached hydrogens (tertiary/aromatic N) is 5. The first-order valence-corrected chi connectivity index (χ1v) is 10.9. The van der Waals surface area contributed by atoms with Crippen LogP contribution in [0.1, 0.15) is 32.2 Å². The number of carbonyl (C=O) groups excluding carboxylic acids is 1. The van der Waals surface area contributed by atoms with Gasteiger partial charge in [-0.3, -0.25) is 4.90 Å². The van der Waals surface area contributed by atoms with Gasteiger partial charge in [-0.05, 0) is 58.9 Å². The van der Waals surface area contributed by atoms with E-state index in [4.69, 9.17) is 24.3 Å². The molecule has 0 N–H and O–H groups in total. The first-order chi connectivity index (χ1) is 15.6. The molecule has 0 saturated carbocycles. The number of benzene rings is 1. The average Bonchev–Trinajstić information content (AvgIpc) is 3.36. The van der Waals surface area contributed by atoms with E-state index in [1.54, 1.807) is 19.1 Å². The molecule has 3 heterocycles. The topological polar surface area (TPSA) is 81.4 Å². The quantitative estimate of drug-likeness (QED) is 0.590. The van der Waals surface area contributed by atoms with Gasteiger partial charge in [0.2, 0.25) is 0 Å². The third kappa shape index (κ3) is 4.40. The molecule has 176 valence electrons. The molecule has 9 heteroatoms. The highest BCUT2D eigenvalue weighted by atomic mass is 16.6. The Hall–Kier alpha value is -3.49. The van der Waals surface area contributed by atoms with Crippen molar-refractivity contribution in [3.63, 3.8) is 0 Å². The molecule has 0 spiro atoms. The van der Waals surface area contributed by atoms with Crippen molar-refractivity contribution >= 4 is 17.4 Å². The summed E-state index contributed by atoms with van der Waals surface area (Å²) in [5.74, 6) is 1.31. The molecule has 1 aliphatic heterocycles. The molecule has 0 aliphatic carbocycles. The zero-order chi connectivity index (χ0) is 23.9. The number of amides is 1. The molecule has 1 saturated heterocycles. The van der Waals surface area contributed by atoms with E-state index in [0.717, 1.165) is 34.0 Å². The van der Waals surface area contributed by atoms with E-state index < -0.39 is 5.60 Å². The molecule has 3 aromatic rings. The van der Waals surface area contributed by atoms with Crippen LogP contribution in [0.4, 0.5) is 10.5 Å². The summed E-state index contributed by atoms with van der Waals surface area (Å²) < 4.78 is 18.3. The highest BCUT2D eigenvalue weighted by Gasteiger charge is 2.30. The number of anilines is 1. The number of carbonyl (C=O) groups is 1. The molecule has 0 unspecified atom stereocenters. The fourth-order valence-electron chi connectivity index (χ4n) is 4.04. The fourth-order valence-corrected chi connectivity index (χ4v) is 4.04. The Kier molecular flexibility index (Phi) is 5.82. The molecule has 33 heavy (non-hydrogen) atoms. The number of rotatable bonds is 4. The lowest BCUT2D eigenvalue weighted by molar-refractivity contribution is 0.0297. The molecule has 2 aromatic heterocycles. The minimum absolute atomic E-state index is 0.308. The van der Waals surface area contributed by atoms with Gasteiger partial charge >= 0.3 is 6.09 Å². The summed E-state index contributed by atoms with van der Waals surface area (Å²) in [6, 6.07) is 7.79. The van der Waals surface area contributed by atoms with Crippen molar-refractivity contribution in [3.8, 4) is 22.8 Å². The molecule has 4 rings (SSSR count). The van der Waals surface area contributed by atoms with Crippen molar-refractivity contribution in [2.24, 2.45) is 0 Å². The lowest BCUT2D eigenvalue weighted by atomic mass is 10.1. The first-order valence-electron chi connectivity index (χ1n) is 10.9. The molecule has 1 aliphatic rings. The minimum Gasteiger partial charge on any atom is -0.493 e. The second-order valence-corrected chi connectivity index (χ2v) is 9.17. The third-order valence-corrected chi connectivity index (χ3v) is 5.49. The van der Waals surface area contributed by atoms with Gasteiger partial charge in [-0.2, -0.15) is 5.10 Å². The normalized spacial score (nSPS) is 14.2. The predicted octanol–water partition coefficient (Wildman–Crippen LogP) is 4.04. The molecule has 0 bridgehead atoms. The van der Waals surface area contributed by atoms with E-state index in [-0.39, 0.29) is 6.09 Å². The maximum Gasteiger partial charge on any atom is 0.411 e. The highest BCUT2D eigenvalue weighted by Crippen LogP contribution is 2.35. The monoisotopic (exact) mass is 453 g/mol. The maximum atomic E-state index is 12.5. The van der Waals surface area contributed by atoms with Crippen LogP contribution < -0.4 is 14.4 Å². The number of ether oxygens (including phenoxy) is 3. The lowest BCUT2D eigenvalue weighted by Gasteiger charge is -2.25. The minimum atomic E-state index is -0.528. The van der Waals surface area contributed by atoms with Gasteiger partial charge in [0.15, 0.2) is 17.1 Å². The van der Waals surface area contributed by atoms with Crippen molar-refractivity contribution in [1.82, 2.24) is 19.5 Å². The first kappa shape index (κ1) is 22.7. The van der Waals surface area contributed by atoms with Crippen LogP contribution in [-0.4, -0.2) is 65.2 Å². The summed E-state index contributed by atoms with van der Waals surface area (Å²) in [6.45, 7) is 11.3. The molecule has 9 nitrogen and oxygen atoms in total. The summed E-state index contributed by atoms with van der Waals surface area (Å²) in [4.78, 5) is 21.2. The van der Waals surface area contributed by atoms with E-state index in [0.29, 0.717) is 31.3 Å².